The van der Waals surface area contributed by atoms with Crippen LogP contribution in [0.3, 0.4) is 0 Å². The summed E-state index contributed by atoms with van der Waals surface area (Å²) < 4.78 is 35.9. The molecule has 0 spiro atoms. The van der Waals surface area contributed by atoms with Crippen molar-refractivity contribution in [2.45, 2.75) is 19.5 Å². The summed E-state index contributed by atoms with van der Waals surface area (Å²) in [5, 5.41) is 2.66. The van der Waals surface area contributed by atoms with Crippen LogP contribution in [0.4, 0.5) is 18.9 Å². The number of benzene rings is 1. The number of alkyl halides is 3. The molecule has 0 aliphatic heterocycles. The summed E-state index contributed by atoms with van der Waals surface area (Å²) >= 11 is 0. The molecule has 0 aliphatic carbocycles. The first-order chi connectivity index (χ1) is 7.79. The standard InChI is InChI=1S/C12H12F3NO/c1-8-3-5-10(6-4-8)16-9(2)7-11(17)12(13,14)15/h3-6,16H,2,7H2,1H3. The molecule has 1 N–H and O–H groups in total. The summed E-state index contributed by atoms with van der Waals surface area (Å²) in [5.41, 5.74) is 1.67. The normalized spacial score (nSPS) is 11.1. The number of rotatable bonds is 4. The Kier molecular flexibility index (Phi) is 3.93. The van der Waals surface area contributed by atoms with Crippen LogP contribution in [0.5, 0.6) is 0 Å². The Morgan fingerprint density at radius 1 is 1.29 bits per heavy atom. The average Bonchev–Trinajstić information content (AvgIpc) is 2.20. The molecule has 0 heterocycles. The van der Waals surface area contributed by atoms with Gasteiger partial charge in [-0.3, -0.25) is 4.79 Å². The van der Waals surface area contributed by atoms with Crippen molar-refractivity contribution >= 4 is 11.5 Å². The number of aryl methyl sites for hydroxylation is 1. The van der Waals surface area contributed by atoms with Crippen LogP contribution in [0.2, 0.25) is 0 Å². The van der Waals surface area contributed by atoms with Gasteiger partial charge in [-0.25, -0.2) is 0 Å². The van der Waals surface area contributed by atoms with E-state index < -0.39 is 18.4 Å². The average molecular weight is 243 g/mol. The van der Waals surface area contributed by atoms with Crippen molar-refractivity contribution in [3.8, 4) is 0 Å². The Morgan fingerprint density at radius 2 is 1.82 bits per heavy atom. The molecular weight excluding hydrogens is 231 g/mol. The number of hydrogen-bond acceptors (Lipinski definition) is 2. The lowest BCUT2D eigenvalue weighted by molar-refractivity contribution is -0.170. The van der Waals surface area contributed by atoms with Crippen molar-refractivity contribution in [2.75, 3.05) is 5.32 Å². The van der Waals surface area contributed by atoms with Gasteiger partial charge in [0, 0.05) is 11.4 Å². The van der Waals surface area contributed by atoms with Gasteiger partial charge in [0.25, 0.3) is 0 Å². The van der Waals surface area contributed by atoms with Gasteiger partial charge in [-0.05, 0) is 19.1 Å². The maximum absolute atomic E-state index is 12.0. The van der Waals surface area contributed by atoms with Gasteiger partial charge in [0.2, 0.25) is 5.78 Å². The lowest BCUT2D eigenvalue weighted by Crippen LogP contribution is -2.23. The summed E-state index contributed by atoms with van der Waals surface area (Å²) in [7, 11) is 0. The van der Waals surface area contributed by atoms with Crippen molar-refractivity contribution in [1.82, 2.24) is 0 Å². The highest BCUT2D eigenvalue weighted by molar-refractivity contribution is 5.86. The van der Waals surface area contributed by atoms with E-state index in [9.17, 15) is 18.0 Å². The SMILES string of the molecule is C=C(CC(=O)C(F)(F)F)Nc1ccc(C)cc1. The van der Waals surface area contributed by atoms with Crippen molar-refractivity contribution in [3.63, 3.8) is 0 Å². The molecule has 0 amide bonds. The number of Topliss-reactive ketones (excluding diaryl/α,β-unsaturated/α-hetero) is 1. The second-order valence-electron chi connectivity index (χ2n) is 3.69. The van der Waals surface area contributed by atoms with Crippen LogP contribution in [-0.2, 0) is 4.79 Å². The minimum absolute atomic E-state index is 0.0242. The highest BCUT2D eigenvalue weighted by Crippen LogP contribution is 2.20. The molecule has 1 aromatic carbocycles. The first-order valence-corrected chi connectivity index (χ1v) is 4.90. The highest BCUT2D eigenvalue weighted by atomic mass is 19.4. The first kappa shape index (κ1) is 13.3. The molecule has 92 valence electrons. The lowest BCUT2D eigenvalue weighted by atomic mass is 10.2. The molecule has 5 heteroatoms. The second-order valence-corrected chi connectivity index (χ2v) is 3.69. The molecule has 0 fully saturated rings. The van der Waals surface area contributed by atoms with Crippen LogP contribution >= 0.6 is 0 Å². The third-order valence-electron chi connectivity index (χ3n) is 2.06. The summed E-state index contributed by atoms with van der Waals surface area (Å²) in [4.78, 5) is 10.7. The van der Waals surface area contributed by atoms with E-state index in [1.807, 2.05) is 6.92 Å². The van der Waals surface area contributed by atoms with Crippen molar-refractivity contribution in [3.05, 3.63) is 42.1 Å². The smallest absolute Gasteiger partial charge is 0.359 e. The third-order valence-corrected chi connectivity index (χ3v) is 2.06. The van der Waals surface area contributed by atoms with E-state index in [1.54, 1.807) is 24.3 Å². The van der Waals surface area contributed by atoms with E-state index >= 15 is 0 Å². The molecule has 0 radical (unpaired) electrons. The van der Waals surface area contributed by atoms with Gasteiger partial charge in [0.15, 0.2) is 0 Å². The fraction of sp³-hybridized carbons (Fsp3) is 0.250. The summed E-state index contributed by atoms with van der Waals surface area (Å²) in [6.45, 7) is 5.29. The Labute approximate surface area is 97.1 Å². The van der Waals surface area contributed by atoms with Gasteiger partial charge < -0.3 is 5.32 Å². The second kappa shape index (κ2) is 5.03. The molecule has 0 atom stereocenters. The number of halogens is 3. The topological polar surface area (TPSA) is 29.1 Å². The zero-order valence-corrected chi connectivity index (χ0v) is 9.27. The van der Waals surface area contributed by atoms with Crippen LogP contribution in [-0.4, -0.2) is 12.0 Å². The number of ketones is 1. The molecule has 2 nitrogen and oxygen atoms in total. The Hall–Kier alpha value is -1.78. The highest BCUT2D eigenvalue weighted by Gasteiger charge is 2.37. The molecule has 1 aromatic rings. The predicted molar refractivity (Wildman–Crippen MR) is 59.6 cm³/mol. The molecule has 0 unspecified atom stereocenters. The first-order valence-electron chi connectivity index (χ1n) is 4.90. The number of anilines is 1. The van der Waals surface area contributed by atoms with Crippen LogP contribution in [0, 0.1) is 6.92 Å². The van der Waals surface area contributed by atoms with Crippen molar-refractivity contribution < 1.29 is 18.0 Å². The number of allylic oxidation sites excluding steroid dienone is 1. The molecule has 0 bridgehead atoms. The molecule has 1 rings (SSSR count). The minimum Gasteiger partial charge on any atom is -0.359 e. The van der Waals surface area contributed by atoms with Crippen LogP contribution in [0.25, 0.3) is 0 Å². The quantitative estimate of drug-likeness (QED) is 0.877. The zero-order valence-electron chi connectivity index (χ0n) is 9.27. The third kappa shape index (κ3) is 4.30. The number of carbonyl (C=O) groups is 1. The summed E-state index contributed by atoms with van der Waals surface area (Å²) in [5.74, 6) is -1.80. The van der Waals surface area contributed by atoms with E-state index in [1.165, 1.54) is 0 Å². The van der Waals surface area contributed by atoms with Crippen LogP contribution in [0.15, 0.2) is 36.5 Å². The maximum Gasteiger partial charge on any atom is 0.450 e. The molecule has 0 aliphatic rings. The molecule has 17 heavy (non-hydrogen) atoms. The van der Waals surface area contributed by atoms with Crippen LogP contribution in [0.1, 0.15) is 12.0 Å². The Morgan fingerprint density at radius 3 is 2.29 bits per heavy atom. The van der Waals surface area contributed by atoms with E-state index in [0.29, 0.717) is 5.69 Å². The molecule has 0 saturated heterocycles. The zero-order chi connectivity index (χ0) is 13.1. The van der Waals surface area contributed by atoms with Crippen molar-refractivity contribution in [1.29, 1.82) is 0 Å². The van der Waals surface area contributed by atoms with Gasteiger partial charge >= 0.3 is 6.18 Å². The predicted octanol–water partition coefficient (Wildman–Crippen LogP) is 3.44. The largest absolute Gasteiger partial charge is 0.450 e. The number of carbonyl (C=O) groups excluding carboxylic acids is 1. The molecule has 0 aromatic heterocycles. The number of hydrogen-bond donors (Lipinski definition) is 1. The Balaban J connectivity index is 2.56. The van der Waals surface area contributed by atoms with Gasteiger partial charge in [0.1, 0.15) is 0 Å². The van der Waals surface area contributed by atoms with Gasteiger partial charge in [-0.15, -0.1) is 0 Å². The van der Waals surface area contributed by atoms with E-state index in [0.717, 1.165) is 5.56 Å². The number of nitrogens with one attached hydrogen (secondary N) is 1. The fourth-order valence-electron chi connectivity index (χ4n) is 1.18. The lowest BCUT2D eigenvalue weighted by Gasteiger charge is -2.10. The van der Waals surface area contributed by atoms with Crippen molar-refractivity contribution in [2.24, 2.45) is 0 Å². The maximum atomic E-state index is 12.0. The van der Waals surface area contributed by atoms with Gasteiger partial charge in [-0.2, -0.15) is 13.2 Å². The van der Waals surface area contributed by atoms with E-state index in [-0.39, 0.29) is 5.70 Å². The van der Waals surface area contributed by atoms with Crippen LogP contribution < -0.4 is 5.32 Å². The van der Waals surface area contributed by atoms with E-state index in [2.05, 4.69) is 11.9 Å². The fourth-order valence-corrected chi connectivity index (χ4v) is 1.18. The van der Waals surface area contributed by atoms with Gasteiger partial charge in [-0.1, -0.05) is 24.3 Å². The van der Waals surface area contributed by atoms with E-state index in [4.69, 9.17) is 0 Å². The van der Waals surface area contributed by atoms with Gasteiger partial charge in [0.05, 0.1) is 6.42 Å². The molecular formula is C12H12F3NO. The molecule has 0 saturated carbocycles. The Bertz CT molecular complexity index is 420. The minimum atomic E-state index is -4.81. The summed E-state index contributed by atoms with van der Waals surface area (Å²) in [6.07, 6.45) is -5.56. The monoisotopic (exact) mass is 243 g/mol. The summed E-state index contributed by atoms with van der Waals surface area (Å²) in [6, 6.07) is 7.03.